The molecule has 2 rings (SSSR count). The summed E-state index contributed by atoms with van der Waals surface area (Å²) in [6.45, 7) is 2.58. The minimum absolute atomic E-state index is 0.0640. The molecule has 1 aromatic heterocycles. The molecule has 1 amide bonds. The zero-order chi connectivity index (χ0) is 17.7. The Labute approximate surface area is 139 Å². The molecule has 24 heavy (non-hydrogen) atoms. The lowest BCUT2D eigenvalue weighted by Crippen LogP contribution is -2.23. The maximum Gasteiger partial charge on any atom is 0.357 e. The van der Waals surface area contributed by atoms with Gasteiger partial charge in [0.15, 0.2) is 5.69 Å². The van der Waals surface area contributed by atoms with Gasteiger partial charge >= 0.3 is 5.97 Å². The predicted molar refractivity (Wildman–Crippen MR) is 88.9 cm³/mol. The van der Waals surface area contributed by atoms with Crippen molar-refractivity contribution < 1.29 is 14.3 Å². The molecule has 7 heteroatoms. The molecule has 0 aliphatic carbocycles. The molecule has 0 fully saturated rings. The molecule has 0 aliphatic rings. The third kappa shape index (κ3) is 3.22. The van der Waals surface area contributed by atoms with Crippen LogP contribution >= 0.6 is 0 Å². The first kappa shape index (κ1) is 17.1. The summed E-state index contributed by atoms with van der Waals surface area (Å²) in [6.07, 6.45) is 2.32. The van der Waals surface area contributed by atoms with Crippen LogP contribution in [0, 0.1) is 11.3 Å². The molecule has 0 bridgehead atoms. The predicted octanol–water partition coefficient (Wildman–Crippen LogP) is 1.86. The molecular formula is C17H18N4O3. The second-order valence-electron chi connectivity index (χ2n) is 5.08. The van der Waals surface area contributed by atoms with E-state index in [9.17, 15) is 9.59 Å². The van der Waals surface area contributed by atoms with Gasteiger partial charge in [0.05, 0.1) is 18.4 Å². The molecule has 2 aromatic rings. The van der Waals surface area contributed by atoms with Crippen LogP contribution in [0.4, 0.5) is 5.69 Å². The van der Waals surface area contributed by atoms with Gasteiger partial charge in [-0.2, -0.15) is 5.26 Å². The summed E-state index contributed by atoms with van der Waals surface area (Å²) in [5, 5.41) is 11.9. The number of ether oxygens (including phenoxy) is 1. The molecule has 0 atom stereocenters. The molecule has 1 aromatic carbocycles. The summed E-state index contributed by atoms with van der Waals surface area (Å²) in [4.78, 5) is 23.9. The number of methoxy groups -OCH3 is 1. The third-order valence-electron chi connectivity index (χ3n) is 3.49. The fraction of sp³-hybridized carbons (Fsp3) is 0.235. The highest BCUT2D eigenvalue weighted by Gasteiger charge is 2.21. The minimum atomic E-state index is -0.640. The van der Waals surface area contributed by atoms with E-state index in [0.717, 1.165) is 6.42 Å². The molecule has 0 unspecified atom stereocenters. The molecule has 7 nitrogen and oxygen atoms in total. The SMILES string of the molecule is CCCNC(=O)c1ccc(-n2cc(C#N)c(N)c2C(=O)OC)cc1. The van der Waals surface area contributed by atoms with E-state index in [2.05, 4.69) is 5.32 Å². The molecule has 0 spiro atoms. The average molecular weight is 326 g/mol. The van der Waals surface area contributed by atoms with Gasteiger partial charge in [0, 0.05) is 24.0 Å². The van der Waals surface area contributed by atoms with Gasteiger partial charge < -0.3 is 20.4 Å². The summed E-state index contributed by atoms with van der Waals surface area (Å²) < 4.78 is 6.21. The van der Waals surface area contributed by atoms with E-state index in [0.29, 0.717) is 17.8 Å². The number of rotatable bonds is 5. The Morgan fingerprint density at radius 1 is 1.33 bits per heavy atom. The lowest BCUT2D eigenvalue weighted by molar-refractivity contribution is 0.0592. The Morgan fingerprint density at radius 3 is 2.54 bits per heavy atom. The van der Waals surface area contributed by atoms with Crippen LogP contribution < -0.4 is 11.1 Å². The van der Waals surface area contributed by atoms with Gasteiger partial charge in [0.25, 0.3) is 5.91 Å². The summed E-state index contributed by atoms with van der Waals surface area (Å²) in [7, 11) is 1.24. The first-order valence-corrected chi connectivity index (χ1v) is 7.41. The zero-order valence-electron chi connectivity index (χ0n) is 13.5. The number of aromatic nitrogens is 1. The number of nitrogens with two attached hydrogens (primary N) is 1. The number of amides is 1. The smallest absolute Gasteiger partial charge is 0.357 e. The summed E-state index contributed by atoms with van der Waals surface area (Å²) in [5.74, 6) is -0.805. The van der Waals surface area contributed by atoms with Crippen LogP contribution in [0.25, 0.3) is 5.69 Å². The van der Waals surface area contributed by atoms with Crippen LogP contribution in [-0.4, -0.2) is 30.1 Å². The van der Waals surface area contributed by atoms with Crippen molar-refractivity contribution >= 4 is 17.6 Å². The van der Waals surface area contributed by atoms with Crippen LogP contribution in [0.2, 0.25) is 0 Å². The number of carbonyl (C=O) groups is 2. The zero-order valence-corrected chi connectivity index (χ0v) is 13.5. The molecule has 0 saturated heterocycles. The summed E-state index contributed by atoms with van der Waals surface area (Å²) in [5.41, 5.74) is 7.28. The third-order valence-corrected chi connectivity index (χ3v) is 3.49. The van der Waals surface area contributed by atoms with Crippen molar-refractivity contribution in [3.8, 4) is 11.8 Å². The Bertz CT molecular complexity index is 800. The van der Waals surface area contributed by atoms with E-state index in [4.69, 9.17) is 15.7 Å². The Hall–Kier alpha value is -3.27. The van der Waals surface area contributed by atoms with Gasteiger partial charge in [-0.1, -0.05) is 6.92 Å². The molecular weight excluding hydrogens is 308 g/mol. The average Bonchev–Trinajstić information content (AvgIpc) is 2.95. The number of nitrogen functional groups attached to an aromatic ring is 1. The molecule has 124 valence electrons. The molecule has 0 saturated carbocycles. The van der Waals surface area contributed by atoms with Crippen molar-refractivity contribution in [3.63, 3.8) is 0 Å². The van der Waals surface area contributed by atoms with Crippen LogP contribution in [0.15, 0.2) is 30.5 Å². The monoisotopic (exact) mass is 326 g/mol. The topological polar surface area (TPSA) is 110 Å². The van der Waals surface area contributed by atoms with Crippen LogP contribution in [0.5, 0.6) is 0 Å². The van der Waals surface area contributed by atoms with E-state index >= 15 is 0 Å². The van der Waals surface area contributed by atoms with E-state index in [1.165, 1.54) is 17.9 Å². The van der Waals surface area contributed by atoms with Crippen molar-refractivity contribution in [2.24, 2.45) is 0 Å². The first-order chi connectivity index (χ1) is 11.5. The fourth-order valence-corrected chi connectivity index (χ4v) is 2.23. The maximum absolute atomic E-state index is 12.0. The van der Waals surface area contributed by atoms with E-state index < -0.39 is 5.97 Å². The second kappa shape index (κ2) is 7.33. The number of nitrogens with zero attached hydrogens (tertiary/aromatic N) is 2. The highest BCUT2D eigenvalue weighted by molar-refractivity contribution is 5.96. The summed E-state index contributed by atoms with van der Waals surface area (Å²) >= 11 is 0. The Balaban J connectivity index is 2.41. The number of anilines is 1. The highest BCUT2D eigenvalue weighted by atomic mass is 16.5. The number of benzene rings is 1. The highest BCUT2D eigenvalue weighted by Crippen LogP contribution is 2.24. The van der Waals surface area contributed by atoms with Crippen molar-refractivity contribution in [3.05, 3.63) is 47.3 Å². The van der Waals surface area contributed by atoms with Gasteiger partial charge in [-0.05, 0) is 30.7 Å². The van der Waals surface area contributed by atoms with Gasteiger partial charge in [-0.15, -0.1) is 0 Å². The van der Waals surface area contributed by atoms with Crippen LogP contribution in [0.3, 0.4) is 0 Å². The lowest BCUT2D eigenvalue weighted by Gasteiger charge is -2.09. The van der Waals surface area contributed by atoms with Crippen molar-refractivity contribution in [1.29, 1.82) is 5.26 Å². The van der Waals surface area contributed by atoms with E-state index in [1.807, 2.05) is 13.0 Å². The van der Waals surface area contributed by atoms with Crippen LogP contribution in [-0.2, 0) is 4.74 Å². The Morgan fingerprint density at radius 2 is 2.00 bits per heavy atom. The number of nitriles is 1. The molecule has 0 aliphatic heterocycles. The Kier molecular flexibility index (Phi) is 5.22. The fourth-order valence-electron chi connectivity index (χ4n) is 2.23. The lowest BCUT2D eigenvalue weighted by atomic mass is 10.2. The van der Waals surface area contributed by atoms with Crippen LogP contribution in [0.1, 0.15) is 39.8 Å². The van der Waals surface area contributed by atoms with Gasteiger partial charge in [-0.25, -0.2) is 4.79 Å². The molecule has 1 heterocycles. The van der Waals surface area contributed by atoms with Gasteiger partial charge in [-0.3, -0.25) is 4.79 Å². The van der Waals surface area contributed by atoms with E-state index in [1.54, 1.807) is 24.3 Å². The number of hydrogen-bond donors (Lipinski definition) is 2. The van der Waals surface area contributed by atoms with Gasteiger partial charge in [0.1, 0.15) is 6.07 Å². The van der Waals surface area contributed by atoms with Crippen molar-refractivity contribution in [2.45, 2.75) is 13.3 Å². The van der Waals surface area contributed by atoms with Crippen molar-refractivity contribution in [2.75, 3.05) is 19.4 Å². The second-order valence-corrected chi connectivity index (χ2v) is 5.08. The number of nitrogens with one attached hydrogen (secondary N) is 1. The van der Waals surface area contributed by atoms with E-state index in [-0.39, 0.29) is 22.9 Å². The quantitative estimate of drug-likeness (QED) is 0.815. The van der Waals surface area contributed by atoms with Gasteiger partial charge in [0.2, 0.25) is 0 Å². The number of carbonyl (C=O) groups excluding carboxylic acids is 2. The standard InChI is InChI=1S/C17H18N4O3/c1-3-8-20-16(22)11-4-6-13(7-5-11)21-10-12(9-18)14(19)15(21)17(23)24-2/h4-7,10H,3,8,19H2,1-2H3,(H,20,22). The van der Waals surface area contributed by atoms with Crippen molar-refractivity contribution in [1.82, 2.24) is 9.88 Å². The normalized spacial score (nSPS) is 10.0. The molecule has 0 radical (unpaired) electrons. The first-order valence-electron chi connectivity index (χ1n) is 7.41. The number of hydrogen-bond acceptors (Lipinski definition) is 5. The summed E-state index contributed by atoms with van der Waals surface area (Å²) in [6, 6.07) is 8.57. The molecule has 3 N–H and O–H groups in total. The maximum atomic E-state index is 12.0. The largest absolute Gasteiger partial charge is 0.464 e. The number of esters is 1. The minimum Gasteiger partial charge on any atom is -0.464 e.